The average Bonchev–Trinajstić information content (AvgIpc) is 2.77. The predicted octanol–water partition coefficient (Wildman–Crippen LogP) is 4.86. The predicted molar refractivity (Wildman–Crippen MR) is 131 cm³/mol. The first-order chi connectivity index (χ1) is 15.9. The average molecular weight is 493 g/mol. The van der Waals surface area contributed by atoms with Crippen LogP contribution in [0.2, 0.25) is 5.02 Å². The van der Waals surface area contributed by atoms with Crippen LogP contribution in [0.4, 0.5) is 0 Å². The van der Waals surface area contributed by atoms with Crippen LogP contribution in [-0.2, 0) is 21.2 Å². The molecule has 8 heteroatoms. The van der Waals surface area contributed by atoms with Crippen molar-refractivity contribution in [3.63, 3.8) is 0 Å². The number of rotatable bonds is 9. The Balaban J connectivity index is 1.84. The van der Waals surface area contributed by atoms with E-state index >= 15 is 0 Å². The molecule has 1 fully saturated rings. The van der Waals surface area contributed by atoms with Gasteiger partial charge in [-0.2, -0.15) is 4.72 Å². The second-order valence-electron chi connectivity index (χ2n) is 8.44. The van der Waals surface area contributed by atoms with Crippen molar-refractivity contribution >= 4 is 27.5 Å². The number of ether oxygens (including phenoxy) is 1. The van der Waals surface area contributed by atoms with Crippen molar-refractivity contribution in [1.29, 1.82) is 0 Å². The molecule has 1 atom stereocenters. The van der Waals surface area contributed by atoms with Crippen LogP contribution in [-0.4, -0.2) is 33.0 Å². The van der Waals surface area contributed by atoms with E-state index in [0.717, 1.165) is 31.2 Å². The number of carbonyl (C=O) groups excluding carboxylic acids is 1. The molecule has 1 aliphatic carbocycles. The first-order valence-electron chi connectivity index (χ1n) is 11.7. The highest BCUT2D eigenvalue weighted by molar-refractivity contribution is 7.89. The largest absolute Gasteiger partial charge is 0.492 e. The van der Waals surface area contributed by atoms with Gasteiger partial charge in [-0.25, -0.2) is 8.42 Å². The third-order valence-corrected chi connectivity index (χ3v) is 7.57. The van der Waals surface area contributed by atoms with Crippen LogP contribution in [0, 0.1) is 0 Å². The van der Waals surface area contributed by atoms with Gasteiger partial charge < -0.3 is 10.1 Å². The number of benzene rings is 2. The Hall–Kier alpha value is -2.09. The Kier molecular flexibility index (Phi) is 9.59. The topological polar surface area (TPSA) is 84.5 Å². The minimum absolute atomic E-state index is 0.0609. The standard InChI is InChI=1S/C25H33ClN2O4S/c1-2-32-23-16-15-20(26)18-24(23)33(30,31)28-22(17-19-11-7-6-8-12-19)25(29)27-21-13-9-4-3-5-10-14-21/h6-8,11-12,15-16,18,21-22,28H,2-5,9-10,13-14,17H2,1H3,(H,27,29). The maximum Gasteiger partial charge on any atom is 0.245 e. The van der Waals surface area contributed by atoms with Gasteiger partial charge in [0.05, 0.1) is 6.61 Å². The highest BCUT2D eigenvalue weighted by atomic mass is 35.5. The fourth-order valence-corrected chi connectivity index (χ4v) is 5.76. The lowest BCUT2D eigenvalue weighted by molar-refractivity contribution is -0.123. The Morgan fingerprint density at radius 1 is 1.06 bits per heavy atom. The molecule has 1 saturated carbocycles. The molecule has 33 heavy (non-hydrogen) atoms. The minimum Gasteiger partial charge on any atom is -0.492 e. The summed E-state index contributed by atoms with van der Waals surface area (Å²) in [5.41, 5.74) is 0.870. The molecule has 0 saturated heterocycles. The van der Waals surface area contributed by atoms with E-state index in [0.29, 0.717) is 6.61 Å². The molecule has 2 aromatic rings. The molecular weight excluding hydrogens is 460 g/mol. The number of sulfonamides is 1. The zero-order valence-corrected chi connectivity index (χ0v) is 20.6. The fourth-order valence-electron chi connectivity index (χ4n) is 4.16. The summed E-state index contributed by atoms with van der Waals surface area (Å²) in [5, 5.41) is 3.38. The molecule has 0 aliphatic heterocycles. The molecule has 0 radical (unpaired) electrons. The number of halogens is 1. The summed E-state index contributed by atoms with van der Waals surface area (Å²) in [6.45, 7) is 2.08. The van der Waals surface area contributed by atoms with Gasteiger partial charge in [0.2, 0.25) is 15.9 Å². The fraction of sp³-hybridized carbons (Fsp3) is 0.480. The summed E-state index contributed by atoms with van der Waals surface area (Å²) in [6, 6.07) is 13.0. The zero-order valence-electron chi connectivity index (χ0n) is 19.1. The summed E-state index contributed by atoms with van der Waals surface area (Å²) in [5.74, 6) is -0.110. The summed E-state index contributed by atoms with van der Waals surface area (Å²) >= 11 is 6.08. The molecule has 1 unspecified atom stereocenters. The van der Waals surface area contributed by atoms with Crippen LogP contribution in [0.5, 0.6) is 5.75 Å². The van der Waals surface area contributed by atoms with Crippen LogP contribution in [0.25, 0.3) is 0 Å². The third kappa shape index (κ3) is 7.73. The van der Waals surface area contributed by atoms with Gasteiger partial charge in [0.1, 0.15) is 16.7 Å². The van der Waals surface area contributed by atoms with Gasteiger partial charge in [0.25, 0.3) is 0 Å². The SMILES string of the molecule is CCOc1ccc(Cl)cc1S(=O)(=O)NC(Cc1ccccc1)C(=O)NC1CCCCCCC1. The van der Waals surface area contributed by atoms with Crippen LogP contribution in [0.15, 0.2) is 53.4 Å². The molecule has 0 aromatic heterocycles. The molecule has 0 spiro atoms. The smallest absolute Gasteiger partial charge is 0.245 e. The van der Waals surface area contributed by atoms with E-state index in [4.69, 9.17) is 16.3 Å². The van der Waals surface area contributed by atoms with Crippen molar-refractivity contribution in [1.82, 2.24) is 10.0 Å². The molecule has 0 heterocycles. The monoisotopic (exact) mass is 492 g/mol. The van der Waals surface area contributed by atoms with Crippen molar-refractivity contribution < 1.29 is 17.9 Å². The summed E-state index contributed by atoms with van der Waals surface area (Å²) in [6.07, 6.45) is 7.78. The Morgan fingerprint density at radius 3 is 2.39 bits per heavy atom. The second kappa shape index (κ2) is 12.4. The first kappa shape index (κ1) is 25.5. The van der Waals surface area contributed by atoms with E-state index < -0.39 is 16.1 Å². The van der Waals surface area contributed by atoms with Gasteiger partial charge in [-0.1, -0.05) is 74.0 Å². The molecule has 1 aliphatic rings. The quantitative estimate of drug-likeness (QED) is 0.523. The molecule has 3 rings (SSSR count). The van der Waals surface area contributed by atoms with Crippen LogP contribution in [0.3, 0.4) is 0 Å². The third-order valence-electron chi connectivity index (χ3n) is 5.84. The van der Waals surface area contributed by atoms with Crippen LogP contribution >= 0.6 is 11.6 Å². The van der Waals surface area contributed by atoms with Gasteiger partial charge in [0.15, 0.2) is 0 Å². The highest BCUT2D eigenvalue weighted by Gasteiger charge is 2.29. The molecule has 0 bridgehead atoms. The summed E-state index contributed by atoms with van der Waals surface area (Å²) < 4.78 is 34.8. The van der Waals surface area contributed by atoms with Crippen molar-refractivity contribution in [3.8, 4) is 5.75 Å². The van der Waals surface area contributed by atoms with Crippen LogP contribution < -0.4 is 14.8 Å². The van der Waals surface area contributed by atoms with E-state index in [1.807, 2.05) is 30.3 Å². The van der Waals surface area contributed by atoms with E-state index in [2.05, 4.69) is 10.0 Å². The molecule has 6 nitrogen and oxygen atoms in total. The summed E-state index contributed by atoms with van der Waals surface area (Å²) in [7, 11) is -4.07. The van der Waals surface area contributed by atoms with E-state index in [9.17, 15) is 13.2 Å². The van der Waals surface area contributed by atoms with Gasteiger partial charge in [-0.15, -0.1) is 0 Å². The normalized spacial score (nSPS) is 16.4. The molecule has 2 aromatic carbocycles. The van der Waals surface area contributed by atoms with E-state index in [-0.39, 0.29) is 34.0 Å². The van der Waals surface area contributed by atoms with Gasteiger partial charge in [-0.3, -0.25) is 4.79 Å². The molecule has 2 N–H and O–H groups in total. The number of amides is 1. The zero-order chi connectivity index (χ0) is 23.7. The number of hydrogen-bond acceptors (Lipinski definition) is 4. The number of nitrogens with one attached hydrogen (secondary N) is 2. The van der Waals surface area contributed by atoms with Crippen molar-refractivity contribution in [2.24, 2.45) is 0 Å². The molecular formula is C25H33ClN2O4S. The maximum atomic E-state index is 13.3. The first-order valence-corrected chi connectivity index (χ1v) is 13.5. The van der Waals surface area contributed by atoms with Crippen molar-refractivity contribution in [2.45, 2.75) is 75.3 Å². The lowest BCUT2D eigenvalue weighted by Crippen LogP contribution is -2.50. The lowest BCUT2D eigenvalue weighted by Gasteiger charge is -2.25. The Morgan fingerprint density at radius 2 is 1.73 bits per heavy atom. The number of carbonyl (C=O) groups is 1. The van der Waals surface area contributed by atoms with E-state index in [1.165, 1.54) is 31.4 Å². The van der Waals surface area contributed by atoms with Gasteiger partial charge >= 0.3 is 0 Å². The summed E-state index contributed by atoms with van der Waals surface area (Å²) in [4.78, 5) is 13.2. The Labute approximate surface area is 202 Å². The van der Waals surface area contributed by atoms with Crippen molar-refractivity contribution in [3.05, 3.63) is 59.1 Å². The second-order valence-corrected chi connectivity index (χ2v) is 10.6. The molecule has 180 valence electrons. The van der Waals surface area contributed by atoms with E-state index in [1.54, 1.807) is 13.0 Å². The number of hydrogen-bond donors (Lipinski definition) is 2. The van der Waals surface area contributed by atoms with Gasteiger partial charge in [0, 0.05) is 11.1 Å². The molecule has 1 amide bonds. The lowest BCUT2D eigenvalue weighted by atomic mass is 9.96. The van der Waals surface area contributed by atoms with Crippen molar-refractivity contribution in [2.75, 3.05) is 6.61 Å². The minimum atomic E-state index is -4.07. The van der Waals surface area contributed by atoms with Crippen LogP contribution in [0.1, 0.15) is 57.4 Å². The maximum absolute atomic E-state index is 13.3. The Bertz CT molecular complexity index is 1010. The van der Waals surface area contributed by atoms with Gasteiger partial charge in [-0.05, 0) is 49.9 Å². The highest BCUT2D eigenvalue weighted by Crippen LogP contribution is 2.28.